The number of aromatic nitrogens is 4. The Balaban J connectivity index is 1.35. The molecule has 0 radical (unpaired) electrons. The fourth-order valence-corrected chi connectivity index (χ4v) is 4.41. The first kappa shape index (κ1) is 19.4. The summed E-state index contributed by atoms with van der Waals surface area (Å²) < 4.78 is 3.89. The molecule has 4 rings (SSSR count). The van der Waals surface area contributed by atoms with E-state index in [9.17, 15) is 4.79 Å². The van der Waals surface area contributed by atoms with Crippen molar-refractivity contribution in [2.24, 2.45) is 5.92 Å². The first-order chi connectivity index (χ1) is 13.4. The van der Waals surface area contributed by atoms with Crippen LogP contribution in [0.1, 0.15) is 63.4 Å². The molecule has 1 saturated heterocycles. The minimum atomic E-state index is -0.0382. The number of hydrogen-bond acceptors (Lipinski definition) is 4. The molecule has 0 atom stereocenters. The Labute approximate surface area is 167 Å². The van der Waals surface area contributed by atoms with E-state index in [4.69, 9.17) is 0 Å². The Bertz CT molecular complexity index is 868. The van der Waals surface area contributed by atoms with E-state index in [2.05, 4.69) is 46.7 Å². The number of piperidine rings is 1. The summed E-state index contributed by atoms with van der Waals surface area (Å²) in [5, 5.41) is 9.22. The van der Waals surface area contributed by atoms with Crippen LogP contribution >= 0.6 is 0 Å². The summed E-state index contributed by atoms with van der Waals surface area (Å²) in [7, 11) is 0. The molecule has 0 aromatic carbocycles. The zero-order valence-electron chi connectivity index (χ0n) is 17.5. The van der Waals surface area contributed by atoms with Gasteiger partial charge in [-0.15, -0.1) is 0 Å². The predicted molar refractivity (Wildman–Crippen MR) is 110 cm³/mol. The lowest BCUT2D eigenvalue weighted by atomic mass is 9.92. The largest absolute Gasteiger partial charge is 0.299 e. The van der Waals surface area contributed by atoms with Crippen LogP contribution in [0.3, 0.4) is 0 Å². The third-order valence-electron chi connectivity index (χ3n) is 6.24. The molecule has 1 fully saturated rings. The van der Waals surface area contributed by atoms with Crippen LogP contribution < -0.4 is 5.56 Å². The lowest BCUT2D eigenvalue weighted by Crippen LogP contribution is -2.37. The third kappa shape index (κ3) is 4.22. The highest BCUT2D eigenvalue weighted by molar-refractivity contribution is 5.19. The smallest absolute Gasteiger partial charge is 0.266 e. The molecule has 0 saturated carbocycles. The summed E-state index contributed by atoms with van der Waals surface area (Å²) in [6.45, 7) is 11.4. The standard InChI is InChI=1S/C22H33N5O/c1-22(2,3)20-7-8-21(28)27(24-20)15-17-9-12-25(13-10-17)16-18-14-23-26-11-5-4-6-19(18)26/h7-8,14,17H,4-6,9-13,15-16H2,1-3H3. The molecular weight excluding hydrogens is 350 g/mol. The maximum Gasteiger partial charge on any atom is 0.266 e. The van der Waals surface area contributed by atoms with Gasteiger partial charge in [-0.2, -0.15) is 10.2 Å². The second-order valence-corrected chi connectivity index (χ2v) is 9.51. The van der Waals surface area contributed by atoms with E-state index in [0.29, 0.717) is 5.92 Å². The van der Waals surface area contributed by atoms with Gasteiger partial charge in [0.1, 0.15) is 0 Å². The van der Waals surface area contributed by atoms with Crippen molar-refractivity contribution in [1.29, 1.82) is 0 Å². The highest BCUT2D eigenvalue weighted by Gasteiger charge is 2.23. The molecule has 0 bridgehead atoms. The highest BCUT2D eigenvalue weighted by Crippen LogP contribution is 2.24. The SMILES string of the molecule is CC(C)(C)c1ccc(=O)n(CC2CCN(Cc3cnn4c3CCCC4)CC2)n1. The maximum atomic E-state index is 12.3. The van der Waals surface area contributed by atoms with Crippen LogP contribution in [0.4, 0.5) is 0 Å². The molecule has 0 spiro atoms. The van der Waals surface area contributed by atoms with Crippen molar-refractivity contribution in [2.75, 3.05) is 13.1 Å². The highest BCUT2D eigenvalue weighted by atomic mass is 16.1. The fourth-order valence-electron chi connectivity index (χ4n) is 4.41. The Kier molecular flexibility index (Phi) is 5.41. The van der Waals surface area contributed by atoms with Crippen molar-refractivity contribution in [1.82, 2.24) is 24.5 Å². The molecule has 0 N–H and O–H groups in total. The molecule has 2 aromatic rings. The quantitative estimate of drug-likeness (QED) is 0.814. The number of nitrogens with zero attached hydrogens (tertiary/aromatic N) is 5. The van der Waals surface area contributed by atoms with Gasteiger partial charge in [-0.1, -0.05) is 20.8 Å². The monoisotopic (exact) mass is 383 g/mol. The molecule has 0 amide bonds. The number of fused-ring (bicyclic) bond motifs is 1. The second kappa shape index (κ2) is 7.82. The van der Waals surface area contributed by atoms with Gasteiger partial charge in [0, 0.05) is 42.4 Å². The average molecular weight is 384 g/mol. The minimum absolute atomic E-state index is 0.0157. The molecule has 2 aliphatic rings. The van der Waals surface area contributed by atoms with Crippen molar-refractivity contribution < 1.29 is 0 Å². The first-order valence-corrected chi connectivity index (χ1v) is 10.7. The molecule has 28 heavy (non-hydrogen) atoms. The summed E-state index contributed by atoms with van der Waals surface area (Å²) >= 11 is 0. The number of aryl methyl sites for hydroxylation is 1. The van der Waals surface area contributed by atoms with Crippen LogP contribution in [-0.2, 0) is 31.5 Å². The third-order valence-corrected chi connectivity index (χ3v) is 6.24. The normalized spacial score (nSPS) is 19.0. The van der Waals surface area contributed by atoms with E-state index < -0.39 is 0 Å². The van der Waals surface area contributed by atoms with Gasteiger partial charge < -0.3 is 0 Å². The number of likely N-dealkylation sites (tertiary alicyclic amines) is 1. The van der Waals surface area contributed by atoms with Crippen LogP contribution in [-0.4, -0.2) is 37.6 Å². The van der Waals surface area contributed by atoms with E-state index >= 15 is 0 Å². The summed E-state index contributed by atoms with van der Waals surface area (Å²) in [5.74, 6) is 0.526. The molecule has 2 aromatic heterocycles. The Morgan fingerprint density at radius 2 is 1.89 bits per heavy atom. The summed E-state index contributed by atoms with van der Waals surface area (Å²) in [6, 6.07) is 3.54. The van der Waals surface area contributed by atoms with E-state index in [-0.39, 0.29) is 11.0 Å². The summed E-state index contributed by atoms with van der Waals surface area (Å²) in [6.07, 6.45) is 8.03. The van der Waals surface area contributed by atoms with Crippen molar-refractivity contribution in [3.8, 4) is 0 Å². The molecule has 6 nitrogen and oxygen atoms in total. The minimum Gasteiger partial charge on any atom is -0.299 e. The van der Waals surface area contributed by atoms with Gasteiger partial charge in [0.05, 0.1) is 11.9 Å². The first-order valence-electron chi connectivity index (χ1n) is 10.7. The summed E-state index contributed by atoms with van der Waals surface area (Å²) in [4.78, 5) is 14.8. The molecule has 0 unspecified atom stereocenters. The van der Waals surface area contributed by atoms with Crippen LogP contribution in [0.2, 0.25) is 0 Å². The van der Waals surface area contributed by atoms with Gasteiger partial charge in [0.25, 0.3) is 5.56 Å². The van der Waals surface area contributed by atoms with Crippen LogP contribution in [0.25, 0.3) is 0 Å². The Morgan fingerprint density at radius 1 is 1.11 bits per heavy atom. The molecule has 4 heterocycles. The van der Waals surface area contributed by atoms with Crippen molar-refractivity contribution in [3.63, 3.8) is 0 Å². The molecular formula is C22H33N5O. The molecule has 2 aliphatic heterocycles. The van der Waals surface area contributed by atoms with Crippen LogP contribution in [0.15, 0.2) is 23.1 Å². The van der Waals surface area contributed by atoms with E-state index in [1.807, 2.05) is 6.07 Å². The predicted octanol–water partition coefficient (Wildman–Crippen LogP) is 2.99. The lowest BCUT2D eigenvalue weighted by molar-refractivity contribution is 0.162. The maximum absolute atomic E-state index is 12.3. The van der Waals surface area contributed by atoms with Crippen molar-refractivity contribution >= 4 is 0 Å². The lowest BCUT2D eigenvalue weighted by Gasteiger charge is -2.32. The molecule has 0 aliphatic carbocycles. The Morgan fingerprint density at radius 3 is 2.64 bits per heavy atom. The topological polar surface area (TPSA) is 56.0 Å². The van der Waals surface area contributed by atoms with Crippen molar-refractivity contribution in [3.05, 3.63) is 45.6 Å². The van der Waals surface area contributed by atoms with Gasteiger partial charge in [0.2, 0.25) is 0 Å². The van der Waals surface area contributed by atoms with Crippen molar-refractivity contribution in [2.45, 2.75) is 77.9 Å². The van der Waals surface area contributed by atoms with Crippen LogP contribution in [0.5, 0.6) is 0 Å². The van der Waals surface area contributed by atoms with E-state index in [0.717, 1.165) is 51.3 Å². The average Bonchev–Trinajstić information content (AvgIpc) is 3.07. The number of rotatable bonds is 4. The van der Waals surface area contributed by atoms with Gasteiger partial charge >= 0.3 is 0 Å². The number of hydrogen-bond donors (Lipinski definition) is 0. The van der Waals surface area contributed by atoms with E-state index in [1.165, 1.54) is 30.5 Å². The second-order valence-electron chi connectivity index (χ2n) is 9.51. The fraction of sp³-hybridized carbons (Fsp3) is 0.682. The van der Waals surface area contributed by atoms with E-state index in [1.54, 1.807) is 10.7 Å². The van der Waals surface area contributed by atoms with Gasteiger partial charge in [-0.3, -0.25) is 14.4 Å². The Hall–Kier alpha value is -1.95. The molecule has 6 heteroatoms. The van der Waals surface area contributed by atoms with Gasteiger partial charge in [0.15, 0.2) is 0 Å². The van der Waals surface area contributed by atoms with Gasteiger partial charge in [-0.05, 0) is 57.2 Å². The van der Waals surface area contributed by atoms with Gasteiger partial charge in [-0.25, -0.2) is 4.68 Å². The zero-order valence-corrected chi connectivity index (χ0v) is 17.5. The molecule has 152 valence electrons. The summed E-state index contributed by atoms with van der Waals surface area (Å²) in [5.41, 5.74) is 3.82. The van der Waals surface area contributed by atoms with Crippen LogP contribution in [0, 0.1) is 5.92 Å². The zero-order chi connectivity index (χ0) is 19.7.